The maximum atomic E-state index is 12.5. The van der Waals surface area contributed by atoms with Crippen molar-refractivity contribution in [3.05, 3.63) is 12.2 Å². The summed E-state index contributed by atoms with van der Waals surface area (Å²) in [5.41, 5.74) is 0. The molecule has 2 unspecified atom stereocenters. The van der Waals surface area contributed by atoms with Crippen molar-refractivity contribution in [3.8, 4) is 0 Å². The van der Waals surface area contributed by atoms with E-state index in [0.29, 0.717) is 19.4 Å². The number of carbonyl (C=O) groups excluding carboxylic acids is 2. The molecular weight excluding hydrogens is 767 g/mol. The molecule has 0 saturated heterocycles. The van der Waals surface area contributed by atoms with Crippen LogP contribution in [0.2, 0.25) is 0 Å². The van der Waals surface area contributed by atoms with Crippen LogP contribution in [-0.2, 0) is 14.3 Å². The van der Waals surface area contributed by atoms with Crippen LogP contribution in [0.5, 0.6) is 0 Å². The maximum Gasteiger partial charge on any atom is 0.305 e. The van der Waals surface area contributed by atoms with E-state index >= 15 is 0 Å². The van der Waals surface area contributed by atoms with Crippen LogP contribution in [0.4, 0.5) is 0 Å². The van der Waals surface area contributed by atoms with E-state index in [0.717, 1.165) is 57.8 Å². The molecule has 6 heteroatoms. The van der Waals surface area contributed by atoms with Crippen LogP contribution in [0.15, 0.2) is 12.2 Å². The van der Waals surface area contributed by atoms with Crippen molar-refractivity contribution >= 4 is 11.9 Å². The van der Waals surface area contributed by atoms with Gasteiger partial charge >= 0.3 is 5.97 Å². The fraction of sp³-hybridized carbons (Fsp3) is 0.929. The normalized spacial score (nSPS) is 12.6. The number of rotatable bonds is 52. The molecule has 0 aromatic heterocycles. The molecule has 0 saturated carbocycles. The molecule has 0 rings (SSSR count). The van der Waals surface area contributed by atoms with Gasteiger partial charge in [0.2, 0.25) is 5.91 Å². The fourth-order valence-electron chi connectivity index (χ4n) is 8.75. The number of unbranched alkanes of at least 4 members (excludes halogenated alkanes) is 41. The van der Waals surface area contributed by atoms with Gasteiger partial charge in [-0.25, -0.2) is 0 Å². The first-order chi connectivity index (χ1) is 30.5. The molecule has 0 fully saturated rings. The predicted octanol–water partition coefficient (Wildman–Crippen LogP) is 16.9. The third kappa shape index (κ3) is 48.1. The van der Waals surface area contributed by atoms with Gasteiger partial charge in [0.1, 0.15) is 0 Å². The minimum Gasteiger partial charge on any atom is -0.466 e. The number of allylic oxidation sites excluding steroid dienone is 1. The van der Waals surface area contributed by atoms with Crippen LogP contribution in [0.25, 0.3) is 0 Å². The molecular formula is C56H109NO5. The quantitative estimate of drug-likeness (QED) is 0.0321. The van der Waals surface area contributed by atoms with E-state index in [-0.39, 0.29) is 18.5 Å². The number of ether oxygens (including phenoxy) is 1. The monoisotopic (exact) mass is 876 g/mol. The lowest BCUT2D eigenvalue weighted by Crippen LogP contribution is -2.45. The van der Waals surface area contributed by atoms with E-state index in [1.54, 1.807) is 6.08 Å². The van der Waals surface area contributed by atoms with Gasteiger partial charge in [-0.05, 0) is 32.1 Å². The average Bonchev–Trinajstić information content (AvgIpc) is 3.27. The molecule has 0 aliphatic carbocycles. The Balaban J connectivity index is 3.51. The zero-order chi connectivity index (χ0) is 45.1. The van der Waals surface area contributed by atoms with E-state index in [1.807, 2.05) is 6.08 Å². The average molecular weight is 876 g/mol. The van der Waals surface area contributed by atoms with E-state index in [9.17, 15) is 19.8 Å². The Labute approximate surface area is 387 Å². The Kier molecular flexibility index (Phi) is 51.0. The highest BCUT2D eigenvalue weighted by Gasteiger charge is 2.18. The number of hydrogen-bond acceptors (Lipinski definition) is 5. The Hall–Kier alpha value is -1.40. The minimum atomic E-state index is -0.861. The van der Waals surface area contributed by atoms with Gasteiger partial charge in [-0.1, -0.05) is 276 Å². The van der Waals surface area contributed by atoms with Crippen molar-refractivity contribution < 1.29 is 24.5 Å². The number of nitrogens with one attached hydrogen (secondary N) is 1. The fourth-order valence-corrected chi connectivity index (χ4v) is 8.75. The summed E-state index contributed by atoms with van der Waals surface area (Å²) in [6, 6.07) is -0.647. The van der Waals surface area contributed by atoms with Crippen molar-refractivity contribution in [1.82, 2.24) is 5.32 Å². The Bertz CT molecular complexity index is 924. The van der Waals surface area contributed by atoms with Crippen LogP contribution >= 0.6 is 0 Å². The van der Waals surface area contributed by atoms with E-state index in [1.165, 1.54) is 225 Å². The van der Waals surface area contributed by atoms with Gasteiger partial charge in [0, 0.05) is 12.8 Å². The van der Waals surface area contributed by atoms with Crippen molar-refractivity contribution in [2.45, 2.75) is 321 Å². The molecule has 1 amide bonds. The topological polar surface area (TPSA) is 95.9 Å². The summed E-state index contributed by atoms with van der Waals surface area (Å²) in [5.74, 6) is -0.117. The molecule has 62 heavy (non-hydrogen) atoms. The summed E-state index contributed by atoms with van der Waals surface area (Å²) in [5, 5.41) is 23.1. The van der Waals surface area contributed by atoms with E-state index in [2.05, 4.69) is 19.2 Å². The Morgan fingerprint density at radius 2 is 0.742 bits per heavy atom. The number of amides is 1. The zero-order valence-corrected chi connectivity index (χ0v) is 41.9. The molecule has 0 heterocycles. The molecule has 368 valence electrons. The highest BCUT2D eigenvalue weighted by molar-refractivity contribution is 5.76. The van der Waals surface area contributed by atoms with Gasteiger partial charge < -0.3 is 20.3 Å². The van der Waals surface area contributed by atoms with E-state index in [4.69, 9.17) is 4.74 Å². The summed E-state index contributed by atoms with van der Waals surface area (Å²) < 4.78 is 5.45. The van der Waals surface area contributed by atoms with Gasteiger partial charge in [-0.15, -0.1) is 0 Å². The molecule has 0 radical (unpaired) electrons. The summed E-state index contributed by atoms with van der Waals surface area (Å²) in [4.78, 5) is 24.5. The highest BCUT2D eigenvalue weighted by Crippen LogP contribution is 2.17. The Morgan fingerprint density at radius 1 is 0.435 bits per heavy atom. The van der Waals surface area contributed by atoms with Gasteiger partial charge in [0.05, 0.1) is 25.4 Å². The lowest BCUT2D eigenvalue weighted by molar-refractivity contribution is -0.143. The summed E-state index contributed by atoms with van der Waals surface area (Å²) in [7, 11) is 0. The molecule has 0 bridgehead atoms. The standard InChI is InChI=1S/C56H109NO5/c1-3-5-7-9-11-13-15-17-18-19-20-21-22-23-24-25-26-28-29-32-36-40-44-48-54(59)53(52-58)57-55(60)49-45-41-37-33-31-35-39-43-47-51-62-56(61)50-46-42-38-34-30-27-16-14-12-10-8-6-4-2/h44,48,53-54,58-59H,3-43,45-47,49-52H2,1-2H3,(H,57,60)/b48-44+. The first kappa shape index (κ1) is 60.6. The number of aliphatic hydroxyl groups excluding tert-OH is 2. The number of esters is 1. The van der Waals surface area contributed by atoms with Crippen LogP contribution in [-0.4, -0.2) is 47.4 Å². The molecule has 3 N–H and O–H groups in total. The highest BCUT2D eigenvalue weighted by atomic mass is 16.5. The molecule has 0 aliphatic rings. The summed E-state index contributed by atoms with van der Waals surface area (Å²) in [6.07, 6.45) is 60.8. The SMILES string of the molecule is CCCCCCCCCCCCCCCCCCCCCCC/C=C/C(O)C(CO)NC(=O)CCCCCCCCCCCOC(=O)CCCCCCCCCCCCCCC. The van der Waals surface area contributed by atoms with E-state index < -0.39 is 12.1 Å². The van der Waals surface area contributed by atoms with Crippen molar-refractivity contribution in [1.29, 1.82) is 0 Å². The number of aliphatic hydroxyl groups is 2. The first-order valence-corrected chi connectivity index (χ1v) is 28.0. The Morgan fingerprint density at radius 3 is 1.10 bits per heavy atom. The predicted molar refractivity (Wildman–Crippen MR) is 269 cm³/mol. The second-order valence-electron chi connectivity index (χ2n) is 19.3. The maximum absolute atomic E-state index is 12.5. The lowest BCUT2D eigenvalue weighted by atomic mass is 10.0. The third-order valence-electron chi connectivity index (χ3n) is 13.1. The van der Waals surface area contributed by atoms with Crippen molar-refractivity contribution in [3.63, 3.8) is 0 Å². The molecule has 0 aromatic carbocycles. The second kappa shape index (κ2) is 52.2. The molecule has 2 atom stereocenters. The van der Waals surface area contributed by atoms with Crippen molar-refractivity contribution in [2.24, 2.45) is 0 Å². The van der Waals surface area contributed by atoms with Crippen LogP contribution in [0.3, 0.4) is 0 Å². The van der Waals surface area contributed by atoms with Gasteiger partial charge in [-0.3, -0.25) is 9.59 Å². The molecule has 0 aliphatic heterocycles. The van der Waals surface area contributed by atoms with Crippen LogP contribution in [0, 0.1) is 0 Å². The molecule has 0 spiro atoms. The van der Waals surface area contributed by atoms with Gasteiger partial charge in [0.15, 0.2) is 0 Å². The first-order valence-electron chi connectivity index (χ1n) is 28.0. The number of hydrogen-bond donors (Lipinski definition) is 3. The lowest BCUT2D eigenvalue weighted by Gasteiger charge is -2.20. The summed E-state index contributed by atoms with van der Waals surface area (Å²) in [6.45, 7) is 4.86. The van der Waals surface area contributed by atoms with Gasteiger partial charge in [-0.2, -0.15) is 0 Å². The molecule has 6 nitrogen and oxygen atoms in total. The molecule has 0 aromatic rings. The van der Waals surface area contributed by atoms with Crippen LogP contribution in [0.1, 0.15) is 309 Å². The largest absolute Gasteiger partial charge is 0.466 e. The van der Waals surface area contributed by atoms with Crippen LogP contribution < -0.4 is 5.32 Å². The zero-order valence-electron chi connectivity index (χ0n) is 41.9. The second-order valence-corrected chi connectivity index (χ2v) is 19.3. The van der Waals surface area contributed by atoms with Gasteiger partial charge in [0.25, 0.3) is 0 Å². The number of carbonyl (C=O) groups is 2. The third-order valence-corrected chi connectivity index (χ3v) is 13.1. The smallest absolute Gasteiger partial charge is 0.305 e. The summed E-state index contributed by atoms with van der Waals surface area (Å²) >= 11 is 0. The minimum absolute atomic E-state index is 0.0248. The van der Waals surface area contributed by atoms with Crippen molar-refractivity contribution in [2.75, 3.05) is 13.2 Å².